The number of aromatic nitrogens is 1. The fourth-order valence-corrected chi connectivity index (χ4v) is 2.21. The number of nitrogen functional groups attached to an aromatic ring is 1. The highest BCUT2D eigenvalue weighted by molar-refractivity contribution is 5.99. The Hall–Kier alpha value is -2.40. The first-order valence-electron chi connectivity index (χ1n) is 6.75. The van der Waals surface area contributed by atoms with Gasteiger partial charge in [-0.3, -0.25) is 15.6 Å². The van der Waals surface area contributed by atoms with Crippen molar-refractivity contribution >= 4 is 11.6 Å². The zero-order valence-corrected chi connectivity index (χ0v) is 12.6. The van der Waals surface area contributed by atoms with Crippen molar-refractivity contribution in [2.24, 2.45) is 5.84 Å². The van der Waals surface area contributed by atoms with E-state index in [4.69, 9.17) is 5.84 Å². The number of pyridine rings is 1. The van der Waals surface area contributed by atoms with Crippen molar-refractivity contribution in [3.63, 3.8) is 0 Å². The number of carbonyl (C=O) groups excluding carboxylic acids is 1. The predicted molar refractivity (Wildman–Crippen MR) is 83.8 cm³/mol. The maximum absolute atomic E-state index is 12.5. The third-order valence-corrected chi connectivity index (χ3v) is 3.28. The van der Waals surface area contributed by atoms with Crippen LogP contribution in [0.2, 0.25) is 0 Å². The smallest absolute Gasteiger partial charge is 0.257 e. The van der Waals surface area contributed by atoms with Gasteiger partial charge in [-0.05, 0) is 25.5 Å². The van der Waals surface area contributed by atoms with Gasteiger partial charge in [-0.1, -0.05) is 29.8 Å². The molecule has 1 amide bonds. The Morgan fingerprint density at radius 3 is 2.76 bits per heavy atom. The van der Waals surface area contributed by atoms with E-state index in [-0.39, 0.29) is 5.91 Å². The molecule has 0 unspecified atom stereocenters. The number of nitrogens with two attached hydrogens (primary N) is 1. The number of amides is 1. The van der Waals surface area contributed by atoms with Crippen LogP contribution in [0.3, 0.4) is 0 Å². The number of anilines is 1. The molecule has 2 aromatic rings. The van der Waals surface area contributed by atoms with Crippen LogP contribution in [0, 0.1) is 13.8 Å². The lowest BCUT2D eigenvalue weighted by Gasteiger charge is -2.19. The summed E-state index contributed by atoms with van der Waals surface area (Å²) in [5, 5.41) is 0. The largest absolute Gasteiger partial charge is 0.337 e. The highest BCUT2D eigenvalue weighted by Gasteiger charge is 2.16. The quantitative estimate of drug-likeness (QED) is 0.667. The molecule has 21 heavy (non-hydrogen) atoms. The zero-order chi connectivity index (χ0) is 15.4. The van der Waals surface area contributed by atoms with Crippen LogP contribution in [0.5, 0.6) is 0 Å². The summed E-state index contributed by atoms with van der Waals surface area (Å²) in [6, 6.07) is 9.86. The first-order valence-corrected chi connectivity index (χ1v) is 6.75. The summed E-state index contributed by atoms with van der Waals surface area (Å²) in [5.74, 6) is 5.37. The summed E-state index contributed by atoms with van der Waals surface area (Å²) in [6.07, 6.45) is 1.56. The van der Waals surface area contributed by atoms with Crippen molar-refractivity contribution in [1.29, 1.82) is 0 Å². The second-order valence-corrected chi connectivity index (χ2v) is 5.17. The van der Waals surface area contributed by atoms with E-state index in [1.807, 2.05) is 32.0 Å². The molecule has 2 rings (SSSR count). The van der Waals surface area contributed by atoms with Crippen molar-refractivity contribution in [3.05, 3.63) is 58.9 Å². The Morgan fingerprint density at radius 1 is 1.33 bits per heavy atom. The maximum atomic E-state index is 12.5. The topological polar surface area (TPSA) is 71.2 Å². The van der Waals surface area contributed by atoms with E-state index in [0.717, 1.165) is 11.3 Å². The zero-order valence-electron chi connectivity index (χ0n) is 12.6. The van der Waals surface area contributed by atoms with Gasteiger partial charge in [0.2, 0.25) is 0 Å². The highest BCUT2D eigenvalue weighted by atomic mass is 16.2. The van der Waals surface area contributed by atoms with Crippen molar-refractivity contribution < 1.29 is 4.79 Å². The molecular weight excluding hydrogens is 264 g/mol. The highest BCUT2D eigenvalue weighted by Crippen LogP contribution is 2.17. The van der Waals surface area contributed by atoms with Gasteiger partial charge in [0.15, 0.2) is 0 Å². The van der Waals surface area contributed by atoms with Crippen LogP contribution >= 0.6 is 0 Å². The van der Waals surface area contributed by atoms with Crippen molar-refractivity contribution in [2.75, 3.05) is 12.5 Å². The van der Waals surface area contributed by atoms with Crippen molar-refractivity contribution in [3.8, 4) is 0 Å². The van der Waals surface area contributed by atoms with Gasteiger partial charge >= 0.3 is 0 Å². The number of hydrazine groups is 1. The summed E-state index contributed by atoms with van der Waals surface area (Å²) in [6.45, 7) is 4.43. The molecule has 0 aliphatic rings. The van der Waals surface area contributed by atoms with E-state index in [1.165, 1.54) is 5.56 Å². The first-order chi connectivity index (χ1) is 10.0. The number of hydrogen-bond donors (Lipinski definition) is 2. The van der Waals surface area contributed by atoms with E-state index < -0.39 is 0 Å². The molecule has 0 spiro atoms. The van der Waals surface area contributed by atoms with Crippen molar-refractivity contribution in [1.82, 2.24) is 9.88 Å². The van der Waals surface area contributed by atoms with Gasteiger partial charge in [-0.15, -0.1) is 0 Å². The van der Waals surface area contributed by atoms with Crippen LogP contribution in [-0.4, -0.2) is 22.8 Å². The standard InChI is InChI=1S/C16H20N4O/c1-11-5-4-6-13(7-11)10-20(3)16(21)14-9-18-12(2)8-15(14)19-17/h4-9H,10,17H2,1-3H3,(H,18,19). The molecule has 0 radical (unpaired) electrons. The lowest BCUT2D eigenvalue weighted by molar-refractivity contribution is 0.0785. The summed E-state index contributed by atoms with van der Waals surface area (Å²) >= 11 is 0. The third kappa shape index (κ3) is 3.58. The molecule has 0 saturated heterocycles. The van der Waals surface area contributed by atoms with Crippen molar-refractivity contribution in [2.45, 2.75) is 20.4 Å². The van der Waals surface area contributed by atoms with Gasteiger partial charge in [0.25, 0.3) is 5.91 Å². The van der Waals surface area contributed by atoms with Gasteiger partial charge in [0, 0.05) is 25.5 Å². The molecule has 1 heterocycles. The van der Waals surface area contributed by atoms with Crippen LogP contribution in [0.15, 0.2) is 36.5 Å². The Balaban J connectivity index is 2.19. The molecule has 5 nitrogen and oxygen atoms in total. The van der Waals surface area contributed by atoms with Crippen LogP contribution in [0.25, 0.3) is 0 Å². The number of nitrogens with one attached hydrogen (secondary N) is 1. The molecule has 5 heteroatoms. The number of benzene rings is 1. The van der Waals surface area contributed by atoms with Crippen LogP contribution in [0.4, 0.5) is 5.69 Å². The second kappa shape index (κ2) is 6.37. The molecule has 110 valence electrons. The van der Waals surface area contributed by atoms with Gasteiger partial charge < -0.3 is 10.3 Å². The maximum Gasteiger partial charge on any atom is 0.257 e. The van der Waals surface area contributed by atoms with Gasteiger partial charge in [-0.25, -0.2) is 0 Å². The predicted octanol–water partition coefficient (Wildman–Crippen LogP) is 2.26. The molecule has 1 aromatic heterocycles. The average Bonchev–Trinajstić information content (AvgIpc) is 2.46. The molecule has 0 fully saturated rings. The number of rotatable bonds is 4. The number of nitrogens with zero attached hydrogens (tertiary/aromatic N) is 2. The molecule has 0 aliphatic carbocycles. The minimum atomic E-state index is -0.114. The van der Waals surface area contributed by atoms with E-state index >= 15 is 0 Å². The third-order valence-electron chi connectivity index (χ3n) is 3.28. The number of carbonyl (C=O) groups is 1. The van der Waals surface area contributed by atoms with E-state index in [2.05, 4.69) is 16.5 Å². The van der Waals surface area contributed by atoms with E-state index in [9.17, 15) is 4.79 Å². The normalized spacial score (nSPS) is 10.3. The Bertz CT molecular complexity index is 654. The lowest BCUT2D eigenvalue weighted by Crippen LogP contribution is -2.28. The number of hydrogen-bond acceptors (Lipinski definition) is 4. The SMILES string of the molecule is Cc1cccc(CN(C)C(=O)c2cnc(C)cc2NN)c1. The van der Waals surface area contributed by atoms with Gasteiger partial charge in [0.05, 0.1) is 11.3 Å². The van der Waals surface area contributed by atoms with E-state index in [0.29, 0.717) is 17.8 Å². The Labute approximate surface area is 124 Å². The second-order valence-electron chi connectivity index (χ2n) is 5.17. The minimum absolute atomic E-state index is 0.114. The summed E-state index contributed by atoms with van der Waals surface area (Å²) in [5.41, 5.74) is 6.69. The molecule has 0 aliphatic heterocycles. The van der Waals surface area contributed by atoms with Crippen LogP contribution in [0.1, 0.15) is 27.2 Å². The Kier molecular flexibility index (Phi) is 4.55. The molecule has 0 bridgehead atoms. The molecule has 3 N–H and O–H groups in total. The molecule has 0 saturated carbocycles. The van der Waals surface area contributed by atoms with Crippen LogP contribution < -0.4 is 11.3 Å². The van der Waals surface area contributed by atoms with Crippen LogP contribution in [-0.2, 0) is 6.54 Å². The summed E-state index contributed by atoms with van der Waals surface area (Å²) in [4.78, 5) is 18.3. The lowest BCUT2D eigenvalue weighted by atomic mass is 10.1. The summed E-state index contributed by atoms with van der Waals surface area (Å²) < 4.78 is 0. The summed E-state index contributed by atoms with van der Waals surface area (Å²) in [7, 11) is 1.77. The Morgan fingerprint density at radius 2 is 2.10 bits per heavy atom. The fraction of sp³-hybridized carbons (Fsp3) is 0.250. The molecule has 0 atom stereocenters. The first kappa shape index (κ1) is 15.0. The van der Waals surface area contributed by atoms with Gasteiger partial charge in [-0.2, -0.15) is 0 Å². The number of aryl methyl sites for hydroxylation is 2. The van der Waals surface area contributed by atoms with Gasteiger partial charge in [0.1, 0.15) is 0 Å². The molecule has 1 aromatic carbocycles. The molecular formula is C16H20N4O. The minimum Gasteiger partial charge on any atom is -0.337 e. The average molecular weight is 284 g/mol. The fourth-order valence-electron chi connectivity index (χ4n) is 2.21. The van der Waals surface area contributed by atoms with E-state index in [1.54, 1.807) is 24.2 Å². The monoisotopic (exact) mass is 284 g/mol.